The molecule has 1 atom stereocenters. The molecule has 4 rings (SSSR count). The van der Waals surface area contributed by atoms with E-state index in [1.165, 1.54) is 35.4 Å². The van der Waals surface area contributed by atoms with Crippen molar-refractivity contribution in [1.29, 1.82) is 0 Å². The van der Waals surface area contributed by atoms with Gasteiger partial charge in [0.05, 0.1) is 30.0 Å². The minimum Gasteiger partial charge on any atom is -0.467 e. The van der Waals surface area contributed by atoms with Crippen molar-refractivity contribution in [3.8, 4) is 0 Å². The zero-order valence-electron chi connectivity index (χ0n) is 16.5. The Morgan fingerprint density at radius 1 is 1.06 bits per heavy atom. The van der Waals surface area contributed by atoms with Crippen molar-refractivity contribution in [1.82, 2.24) is 5.32 Å². The minimum atomic E-state index is -0.586. The average Bonchev–Trinajstić information content (AvgIpc) is 3.43. The number of rotatable bonds is 6. The van der Waals surface area contributed by atoms with Crippen LogP contribution in [0.5, 0.6) is 0 Å². The summed E-state index contributed by atoms with van der Waals surface area (Å²) in [4.78, 5) is 39.2. The first-order valence-corrected chi connectivity index (χ1v) is 9.77. The van der Waals surface area contributed by atoms with Gasteiger partial charge in [0, 0.05) is 18.7 Å². The van der Waals surface area contributed by atoms with Crippen molar-refractivity contribution in [2.24, 2.45) is 5.92 Å². The molecule has 0 saturated carbocycles. The summed E-state index contributed by atoms with van der Waals surface area (Å²) >= 11 is 0. The molecule has 0 spiro atoms. The van der Waals surface area contributed by atoms with E-state index in [0.717, 1.165) is 0 Å². The second kappa shape index (κ2) is 8.83. The van der Waals surface area contributed by atoms with E-state index in [4.69, 9.17) is 4.42 Å². The average molecular weight is 421 g/mol. The molecule has 3 amide bonds. The van der Waals surface area contributed by atoms with Crippen molar-refractivity contribution >= 4 is 29.1 Å². The number of nitrogens with zero attached hydrogens (tertiary/aromatic N) is 1. The predicted molar refractivity (Wildman–Crippen MR) is 112 cm³/mol. The normalized spacial score (nSPS) is 15.7. The van der Waals surface area contributed by atoms with Crippen LogP contribution in [0.15, 0.2) is 71.3 Å². The highest BCUT2D eigenvalue weighted by molar-refractivity contribution is 6.07. The van der Waals surface area contributed by atoms with E-state index in [-0.39, 0.29) is 37.2 Å². The van der Waals surface area contributed by atoms with E-state index in [2.05, 4.69) is 10.6 Å². The summed E-state index contributed by atoms with van der Waals surface area (Å²) in [6.07, 6.45) is 1.56. The maximum absolute atomic E-state index is 13.2. The third-order valence-corrected chi connectivity index (χ3v) is 5.07. The van der Waals surface area contributed by atoms with E-state index >= 15 is 0 Å². The van der Waals surface area contributed by atoms with Crippen LogP contribution in [0, 0.1) is 11.7 Å². The smallest absolute Gasteiger partial charge is 0.253 e. The van der Waals surface area contributed by atoms with Gasteiger partial charge in [-0.25, -0.2) is 4.39 Å². The first-order valence-electron chi connectivity index (χ1n) is 9.77. The second-order valence-corrected chi connectivity index (χ2v) is 7.18. The Hall–Kier alpha value is -3.94. The molecular formula is C23H20FN3O4. The lowest BCUT2D eigenvalue weighted by atomic mass is 10.1. The molecule has 1 aliphatic rings. The van der Waals surface area contributed by atoms with Gasteiger partial charge in [0.15, 0.2) is 0 Å². The van der Waals surface area contributed by atoms with Crippen LogP contribution in [0.1, 0.15) is 22.5 Å². The van der Waals surface area contributed by atoms with Crippen molar-refractivity contribution < 1.29 is 23.2 Å². The highest BCUT2D eigenvalue weighted by atomic mass is 19.1. The fraction of sp³-hybridized carbons (Fsp3) is 0.174. The van der Waals surface area contributed by atoms with Crippen LogP contribution < -0.4 is 15.5 Å². The van der Waals surface area contributed by atoms with Gasteiger partial charge < -0.3 is 20.0 Å². The molecule has 0 aliphatic carbocycles. The molecule has 2 aromatic carbocycles. The molecule has 0 bridgehead atoms. The number of benzene rings is 2. The number of nitrogens with one attached hydrogen (secondary N) is 2. The SMILES string of the molecule is O=C(NCc1ccco1)c1ccccc1NC(=O)[C@H]1CC(=O)N(c2ccc(F)cc2)C1. The Morgan fingerprint density at radius 2 is 1.84 bits per heavy atom. The number of furan rings is 1. The van der Waals surface area contributed by atoms with Crippen molar-refractivity contribution in [2.75, 3.05) is 16.8 Å². The van der Waals surface area contributed by atoms with Gasteiger partial charge >= 0.3 is 0 Å². The molecule has 1 fully saturated rings. The molecule has 158 valence electrons. The Bertz CT molecular complexity index is 1100. The van der Waals surface area contributed by atoms with Crippen LogP contribution in [-0.2, 0) is 16.1 Å². The molecule has 2 heterocycles. The third kappa shape index (κ3) is 4.63. The van der Waals surface area contributed by atoms with Crippen LogP contribution in [0.3, 0.4) is 0 Å². The lowest BCUT2D eigenvalue weighted by Gasteiger charge is -2.17. The molecule has 1 aliphatic heterocycles. The lowest BCUT2D eigenvalue weighted by molar-refractivity contribution is -0.122. The second-order valence-electron chi connectivity index (χ2n) is 7.18. The highest BCUT2D eigenvalue weighted by Crippen LogP contribution is 2.27. The number of hydrogen-bond donors (Lipinski definition) is 2. The minimum absolute atomic E-state index is 0.0378. The number of carbonyl (C=O) groups excluding carboxylic acids is 3. The van der Waals surface area contributed by atoms with Gasteiger partial charge in [-0.1, -0.05) is 12.1 Å². The van der Waals surface area contributed by atoms with Gasteiger partial charge in [0.25, 0.3) is 5.91 Å². The van der Waals surface area contributed by atoms with E-state index in [9.17, 15) is 18.8 Å². The van der Waals surface area contributed by atoms with Gasteiger partial charge in [-0.05, 0) is 48.5 Å². The van der Waals surface area contributed by atoms with Crippen molar-refractivity contribution in [3.63, 3.8) is 0 Å². The molecule has 3 aromatic rings. The summed E-state index contributed by atoms with van der Waals surface area (Å²) in [7, 11) is 0. The summed E-state index contributed by atoms with van der Waals surface area (Å²) < 4.78 is 18.4. The number of para-hydroxylation sites is 1. The molecule has 0 unspecified atom stereocenters. The topological polar surface area (TPSA) is 91.6 Å². The van der Waals surface area contributed by atoms with Crippen LogP contribution in [0.25, 0.3) is 0 Å². The molecule has 2 N–H and O–H groups in total. The number of amides is 3. The van der Waals surface area contributed by atoms with E-state index in [0.29, 0.717) is 22.7 Å². The molecule has 7 nitrogen and oxygen atoms in total. The van der Waals surface area contributed by atoms with Gasteiger partial charge in [-0.3, -0.25) is 14.4 Å². The monoisotopic (exact) mass is 421 g/mol. The van der Waals surface area contributed by atoms with Crippen LogP contribution in [0.4, 0.5) is 15.8 Å². The number of carbonyl (C=O) groups is 3. The standard InChI is InChI=1S/C23H20FN3O4/c24-16-7-9-17(10-8-16)27-14-15(12-21(27)28)22(29)26-20-6-2-1-5-19(20)23(30)25-13-18-4-3-11-31-18/h1-11,15H,12-14H2,(H,25,30)(H,26,29)/t15-/m0/s1. The molecule has 8 heteroatoms. The van der Waals surface area contributed by atoms with E-state index in [1.807, 2.05) is 0 Å². The first-order chi connectivity index (χ1) is 15.0. The van der Waals surface area contributed by atoms with Crippen molar-refractivity contribution in [3.05, 3.63) is 84.1 Å². The Labute approximate surface area is 177 Å². The maximum atomic E-state index is 13.2. The third-order valence-electron chi connectivity index (χ3n) is 5.07. The summed E-state index contributed by atoms with van der Waals surface area (Å²) in [5.41, 5.74) is 1.21. The predicted octanol–water partition coefficient (Wildman–Crippen LogP) is 3.34. The molecular weight excluding hydrogens is 401 g/mol. The Balaban J connectivity index is 1.42. The Kier molecular flexibility index (Phi) is 5.79. The molecule has 31 heavy (non-hydrogen) atoms. The Morgan fingerprint density at radius 3 is 2.58 bits per heavy atom. The van der Waals surface area contributed by atoms with Crippen LogP contribution in [-0.4, -0.2) is 24.3 Å². The zero-order valence-corrected chi connectivity index (χ0v) is 16.5. The van der Waals surface area contributed by atoms with Gasteiger partial charge in [0.2, 0.25) is 11.8 Å². The number of halogens is 1. The first kappa shape index (κ1) is 20.3. The quantitative estimate of drug-likeness (QED) is 0.639. The van der Waals surface area contributed by atoms with Gasteiger partial charge in [-0.15, -0.1) is 0 Å². The van der Waals surface area contributed by atoms with E-state index < -0.39 is 11.7 Å². The fourth-order valence-corrected chi connectivity index (χ4v) is 3.45. The zero-order chi connectivity index (χ0) is 21.8. The van der Waals surface area contributed by atoms with Crippen molar-refractivity contribution in [2.45, 2.75) is 13.0 Å². The van der Waals surface area contributed by atoms with Crippen LogP contribution in [0.2, 0.25) is 0 Å². The summed E-state index contributed by atoms with van der Waals surface area (Å²) in [5, 5.41) is 5.51. The highest BCUT2D eigenvalue weighted by Gasteiger charge is 2.35. The summed E-state index contributed by atoms with van der Waals surface area (Å²) in [5.74, 6) is -1.30. The molecule has 1 aromatic heterocycles. The van der Waals surface area contributed by atoms with Crippen LogP contribution >= 0.6 is 0 Å². The fourth-order valence-electron chi connectivity index (χ4n) is 3.45. The number of anilines is 2. The molecule has 0 radical (unpaired) electrons. The summed E-state index contributed by atoms with van der Waals surface area (Å²) in [6.45, 7) is 0.404. The number of hydrogen-bond acceptors (Lipinski definition) is 4. The summed E-state index contributed by atoms with van der Waals surface area (Å²) in [6, 6.07) is 15.7. The van der Waals surface area contributed by atoms with Gasteiger partial charge in [0.1, 0.15) is 11.6 Å². The lowest BCUT2D eigenvalue weighted by Crippen LogP contribution is -2.29. The molecule has 1 saturated heterocycles. The largest absolute Gasteiger partial charge is 0.467 e. The van der Waals surface area contributed by atoms with E-state index in [1.54, 1.807) is 36.4 Å². The van der Waals surface area contributed by atoms with Gasteiger partial charge in [-0.2, -0.15) is 0 Å². The maximum Gasteiger partial charge on any atom is 0.253 e.